The van der Waals surface area contributed by atoms with Crippen LogP contribution in [0.2, 0.25) is 0 Å². The van der Waals surface area contributed by atoms with Gasteiger partial charge in [-0.25, -0.2) is 0 Å². The monoisotopic (exact) mass is 396 g/mol. The van der Waals surface area contributed by atoms with Crippen LogP contribution in [0.1, 0.15) is 6.42 Å². The van der Waals surface area contributed by atoms with Crippen molar-refractivity contribution in [1.29, 1.82) is 0 Å². The molecule has 7 nitrogen and oxygen atoms in total. The number of hydrogen-bond acceptors (Lipinski definition) is 5. The molecule has 27 heavy (non-hydrogen) atoms. The zero-order chi connectivity index (χ0) is 18.6. The number of H-pyrrole nitrogens is 2. The normalized spacial score (nSPS) is 10.8. The molecule has 0 aliphatic rings. The Morgan fingerprint density at radius 2 is 2.15 bits per heavy atom. The highest BCUT2D eigenvalue weighted by Crippen LogP contribution is 2.23. The van der Waals surface area contributed by atoms with Crippen LogP contribution in [0.25, 0.3) is 22.0 Å². The highest BCUT2D eigenvalue weighted by atomic mass is 32.1. The summed E-state index contributed by atoms with van der Waals surface area (Å²) in [5, 5.41) is 18.9. The van der Waals surface area contributed by atoms with Gasteiger partial charge in [0.2, 0.25) is 5.91 Å². The second-order valence-electron chi connectivity index (χ2n) is 5.83. The lowest BCUT2D eigenvalue weighted by Gasteiger charge is -2.08. The second-order valence-corrected chi connectivity index (χ2v) is 7.16. The van der Waals surface area contributed by atoms with Crippen LogP contribution in [0.3, 0.4) is 0 Å². The van der Waals surface area contributed by atoms with E-state index in [9.17, 15) is 4.79 Å². The van der Waals surface area contributed by atoms with Gasteiger partial charge in [0.1, 0.15) is 0 Å². The van der Waals surface area contributed by atoms with Crippen LogP contribution >= 0.6 is 23.6 Å². The molecule has 136 valence electrons. The molecule has 1 aromatic carbocycles. The Bertz CT molecular complexity index is 1100. The van der Waals surface area contributed by atoms with E-state index in [1.54, 1.807) is 17.5 Å². The molecule has 0 fully saturated rings. The molecule has 3 aromatic heterocycles. The van der Waals surface area contributed by atoms with Gasteiger partial charge in [-0.05, 0) is 41.9 Å². The van der Waals surface area contributed by atoms with Gasteiger partial charge < -0.3 is 5.32 Å². The number of aromatic nitrogens is 5. The molecular formula is C18H16N6OS2. The highest BCUT2D eigenvalue weighted by Gasteiger charge is 2.12. The molecule has 0 aliphatic carbocycles. The zero-order valence-corrected chi connectivity index (χ0v) is 15.8. The molecule has 0 radical (unpaired) electrons. The first-order chi connectivity index (χ1) is 13.2. The average molecular weight is 397 g/mol. The first-order valence-electron chi connectivity index (χ1n) is 8.29. The zero-order valence-electron chi connectivity index (χ0n) is 14.2. The standard InChI is InChI=1S/C18H16N6OS2/c25-16(20-13-4-1-3-12(11-13)14-6-8-19-21-14)7-9-24-17(22-23-18(24)26)15-5-2-10-27-15/h1-6,8,10-11H,7,9H2,(H,19,21)(H,20,25)(H,23,26). The van der Waals surface area contributed by atoms with Crippen molar-refractivity contribution in [2.24, 2.45) is 0 Å². The lowest BCUT2D eigenvalue weighted by atomic mass is 10.1. The third-order valence-corrected chi connectivity index (χ3v) is 5.20. The van der Waals surface area contributed by atoms with Gasteiger partial charge in [0.15, 0.2) is 10.6 Å². The van der Waals surface area contributed by atoms with Gasteiger partial charge in [0.05, 0.1) is 10.6 Å². The van der Waals surface area contributed by atoms with Crippen LogP contribution in [-0.2, 0) is 11.3 Å². The van der Waals surface area contributed by atoms with Gasteiger partial charge in [-0.1, -0.05) is 18.2 Å². The molecule has 1 amide bonds. The minimum Gasteiger partial charge on any atom is -0.326 e. The smallest absolute Gasteiger partial charge is 0.226 e. The van der Waals surface area contributed by atoms with Crippen molar-refractivity contribution < 1.29 is 4.79 Å². The summed E-state index contributed by atoms with van der Waals surface area (Å²) < 4.78 is 2.36. The first kappa shape index (κ1) is 17.4. The molecule has 3 heterocycles. The molecular weight excluding hydrogens is 380 g/mol. The van der Waals surface area contributed by atoms with E-state index in [-0.39, 0.29) is 5.91 Å². The van der Waals surface area contributed by atoms with Gasteiger partial charge in [0, 0.05) is 30.4 Å². The molecule has 0 spiro atoms. The van der Waals surface area contributed by atoms with Gasteiger partial charge >= 0.3 is 0 Å². The van der Waals surface area contributed by atoms with E-state index in [0.29, 0.717) is 17.7 Å². The fourth-order valence-electron chi connectivity index (χ4n) is 2.74. The molecule has 0 unspecified atom stereocenters. The van der Waals surface area contributed by atoms with Crippen molar-refractivity contribution >= 4 is 35.1 Å². The number of carbonyl (C=O) groups excluding carboxylic acids is 1. The number of nitrogens with one attached hydrogen (secondary N) is 3. The topological polar surface area (TPSA) is 91.4 Å². The number of rotatable bonds is 6. The quantitative estimate of drug-likeness (QED) is 0.428. The third-order valence-electron chi connectivity index (χ3n) is 4.02. The third kappa shape index (κ3) is 3.88. The van der Waals surface area contributed by atoms with E-state index in [4.69, 9.17) is 12.2 Å². The Morgan fingerprint density at radius 1 is 1.22 bits per heavy atom. The van der Waals surface area contributed by atoms with Crippen LogP contribution in [0.4, 0.5) is 5.69 Å². The van der Waals surface area contributed by atoms with Crippen molar-refractivity contribution in [2.75, 3.05) is 5.32 Å². The molecule has 0 bridgehead atoms. The number of thiophene rings is 1. The summed E-state index contributed by atoms with van der Waals surface area (Å²) in [6, 6.07) is 13.4. The van der Waals surface area contributed by atoms with E-state index in [1.807, 2.05) is 52.4 Å². The summed E-state index contributed by atoms with van der Waals surface area (Å²) in [4.78, 5) is 13.4. The number of carbonyl (C=O) groups is 1. The summed E-state index contributed by atoms with van der Waals surface area (Å²) in [5.74, 6) is 0.668. The number of benzene rings is 1. The van der Waals surface area contributed by atoms with Crippen LogP contribution in [0.5, 0.6) is 0 Å². The van der Waals surface area contributed by atoms with E-state index in [1.165, 1.54) is 0 Å². The molecule has 0 aliphatic heterocycles. The van der Waals surface area contributed by atoms with Crippen LogP contribution in [0, 0.1) is 4.77 Å². The van der Waals surface area contributed by atoms with E-state index >= 15 is 0 Å². The van der Waals surface area contributed by atoms with Gasteiger partial charge in [-0.2, -0.15) is 10.2 Å². The molecule has 3 N–H and O–H groups in total. The maximum atomic E-state index is 12.4. The predicted octanol–water partition coefficient (Wildman–Crippen LogP) is 4.09. The maximum Gasteiger partial charge on any atom is 0.226 e. The van der Waals surface area contributed by atoms with Crippen molar-refractivity contribution in [1.82, 2.24) is 25.0 Å². The summed E-state index contributed by atoms with van der Waals surface area (Å²) in [5.41, 5.74) is 2.60. The SMILES string of the molecule is O=C(CCn1c(-c2cccs2)n[nH]c1=S)Nc1cccc(-c2ccn[nH]2)c1. The van der Waals surface area contributed by atoms with Crippen molar-refractivity contribution in [3.8, 4) is 22.0 Å². The number of aromatic amines is 2. The van der Waals surface area contributed by atoms with Crippen LogP contribution in [0.15, 0.2) is 54.0 Å². The van der Waals surface area contributed by atoms with Crippen LogP contribution < -0.4 is 5.32 Å². The number of amides is 1. The second kappa shape index (κ2) is 7.68. The first-order valence-corrected chi connectivity index (χ1v) is 9.58. The van der Waals surface area contributed by atoms with Crippen molar-refractivity contribution in [2.45, 2.75) is 13.0 Å². The molecule has 0 atom stereocenters. The molecule has 4 rings (SSSR count). The Morgan fingerprint density at radius 3 is 2.93 bits per heavy atom. The number of anilines is 1. The lowest BCUT2D eigenvalue weighted by Crippen LogP contribution is -2.15. The predicted molar refractivity (Wildman–Crippen MR) is 108 cm³/mol. The average Bonchev–Trinajstić information content (AvgIpc) is 3.42. The minimum absolute atomic E-state index is 0.0861. The molecule has 4 aromatic rings. The summed E-state index contributed by atoms with van der Waals surface area (Å²) in [7, 11) is 0. The van der Waals surface area contributed by atoms with Crippen LogP contribution in [-0.4, -0.2) is 30.9 Å². The van der Waals surface area contributed by atoms with E-state index in [2.05, 4.69) is 25.7 Å². The molecule has 0 saturated carbocycles. The van der Waals surface area contributed by atoms with Crippen molar-refractivity contribution in [3.63, 3.8) is 0 Å². The number of hydrogen-bond donors (Lipinski definition) is 3. The Labute approximate surface area is 164 Å². The van der Waals surface area contributed by atoms with Crippen molar-refractivity contribution in [3.05, 3.63) is 58.8 Å². The largest absolute Gasteiger partial charge is 0.326 e. The fourth-order valence-corrected chi connectivity index (χ4v) is 3.68. The minimum atomic E-state index is -0.0861. The Kier molecular flexibility index (Phi) is 4.95. The van der Waals surface area contributed by atoms with Gasteiger partial charge in [-0.3, -0.25) is 19.6 Å². The molecule has 0 saturated heterocycles. The van der Waals surface area contributed by atoms with E-state index < -0.39 is 0 Å². The summed E-state index contributed by atoms with van der Waals surface area (Å²) in [6.45, 7) is 0.453. The highest BCUT2D eigenvalue weighted by molar-refractivity contribution is 7.71. The van der Waals surface area contributed by atoms with E-state index in [0.717, 1.165) is 27.6 Å². The summed E-state index contributed by atoms with van der Waals surface area (Å²) in [6.07, 6.45) is 1.99. The Hall–Kier alpha value is -3.04. The summed E-state index contributed by atoms with van der Waals surface area (Å²) >= 11 is 6.88. The molecule has 9 heteroatoms. The lowest BCUT2D eigenvalue weighted by molar-refractivity contribution is -0.116. The maximum absolute atomic E-state index is 12.4. The number of nitrogens with zero attached hydrogens (tertiary/aromatic N) is 3. The Balaban J connectivity index is 1.43. The van der Waals surface area contributed by atoms with Gasteiger partial charge in [-0.15, -0.1) is 11.3 Å². The fraction of sp³-hybridized carbons (Fsp3) is 0.111. The van der Waals surface area contributed by atoms with Gasteiger partial charge in [0.25, 0.3) is 0 Å².